The smallest absolute Gasteiger partial charge is 0.228 e. The maximum atomic E-state index is 6.59. The molecule has 0 bridgehead atoms. The number of fused-ring (bicyclic) bond motifs is 1. The molecule has 5 aromatic rings. The van der Waals surface area contributed by atoms with Crippen LogP contribution in [0.5, 0.6) is 11.6 Å². The molecule has 3 aromatic heterocycles. The van der Waals surface area contributed by atoms with Crippen LogP contribution in [0.1, 0.15) is 37.1 Å². The molecule has 1 aliphatic heterocycles. The highest BCUT2D eigenvalue weighted by Gasteiger charge is 2.18. The van der Waals surface area contributed by atoms with Crippen LogP contribution in [-0.2, 0) is 0 Å². The molecule has 0 spiro atoms. The minimum Gasteiger partial charge on any atom is -0.437 e. The van der Waals surface area contributed by atoms with Crippen LogP contribution in [-0.4, -0.2) is 39.1 Å². The lowest BCUT2D eigenvalue weighted by molar-refractivity contribution is 0.466. The molecule has 0 radical (unpaired) electrons. The Bertz CT molecular complexity index is 1570. The summed E-state index contributed by atoms with van der Waals surface area (Å²) >= 11 is 1.60. The van der Waals surface area contributed by atoms with Crippen molar-refractivity contribution in [2.75, 3.05) is 23.7 Å². The number of rotatable bonds is 8. The second kappa shape index (κ2) is 11.3. The highest BCUT2D eigenvalue weighted by molar-refractivity contribution is 7.07. The van der Waals surface area contributed by atoms with Gasteiger partial charge in [-0.15, -0.1) is 11.3 Å². The monoisotopic (exact) mass is 537 g/mol. The molecule has 6 rings (SSSR count). The molecule has 3 N–H and O–H groups in total. The van der Waals surface area contributed by atoms with Crippen LogP contribution in [0.2, 0.25) is 0 Å². The quantitative estimate of drug-likeness (QED) is 0.204. The first-order valence-electron chi connectivity index (χ1n) is 13.3. The van der Waals surface area contributed by atoms with E-state index in [1.165, 1.54) is 0 Å². The third-order valence-corrected chi connectivity index (χ3v) is 7.61. The second-order valence-corrected chi connectivity index (χ2v) is 10.5. The highest BCUT2D eigenvalue weighted by Crippen LogP contribution is 2.39. The number of pyridine rings is 1. The largest absolute Gasteiger partial charge is 0.437 e. The first-order valence-corrected chi connectivity index (χ1v) is 14.2. The van der Waals surface area contributed by atoms with Crippen LogP contribution in [0.3, 0.4) is 0 Å². The van der Waals surface area contributed by atoms with Gasteiger partial charge in [-0.2, -0.15) is 0 Å². The van der Waals surface area contributed by atoms with E-state index in [0.29, 0.717) is 17.9 Å². The molecule has 1 unspecified atom stereocenters. The summed E-state index contributed by atoms with van der Waals surface area (Å²) in [5, 5.41) is 14.7. The molecular formula is C30H31N7OS. The molecule has 2 atom stereocenters. The minimum atomic E-state index is 0.0832. The zero-order valence-electron chi connectivity index (χ0n) is 22.0. The molecule has 0 saturated carbocycles. The maximum absolute atomic E-state index is 6.59. The van der Waals surface area contributed by atoms with E-state index in [0.717, 1.165) is 70.7 Å². The standard InChI is InChI=1S/C30H31N7OS/c1-19-10-11-22-23(7-3-9-25(22)35-20(2)27-17-39-18-34-27)28(19)38-29-24(8-5-14-32-29)26-12-15-33-30(37-26)36-21-6-4-13-31-16-21/h3,5,7-12,14-15,17-18,20-21,31,35H,4,6,13,16H2,1-2H3,(H,33,36,37)/t20?,21-/m0/s1. The first-order chi connectivity index (χ1) is 19.2. The second-order valence-electron chi connectivity index (χ2n) is 9.80. The summed E-state index contributed by atoms with van der Waals surface area (Å²) in [5.41, 5.74) is 6.52. The van der Waals surface area contributed by atoms with Crippen LogP contribution in [0.25, 0.3) is 22.0 Å². The van der Waals surface area contributed by atoms with Gasteiger partial charge in [0.25, 0.3) is 0 Å². The Morgan fingerprint density at radius 3 is 2.82 bits per heavy atom. The van der Waals surface area contributed by atoms with E-state index >= 15 is 0 Å². The number of benzene rings is 2. The fraction of sp³-hybridized carbons (Fsp3) is 0.267. The molecule has 1 fully saturated rings. The van der Waals surface area contributed by atoms with Gasteiger partial charge in [0.2, 0.25) is 11.8 Å². The summed E-state index contributed by atoms with van der Waals surface area (Å²) < 4.78 is 6.59. The van der Waals surface area contributed by atoms with Crippen molar-refractivity contribution in [2.24, 2.45) is 0 Å². The summed E-state index contributed by atoms with van der Waals surface area (Å²) in [6.45, 7) is 6.15. The molecule has 0 aliphatic carbocycles. The predicted octanol–water partition coefficient (Wildman–Crippen LogP) is 6.59. The van der Waals surface area contributed by atoms with E-state index in [1.807, 2.05) is 29.8 Å². The van der Waals surface area contributed by atoms with E-state index in [4.69, 9.17) is 9.72 Å². The zero-order valence-corrected chi connectivity index (χ0v) is 22.8. The third-order valence-electron chi connectivity index (χ3n) is 7.01. The van der Waals surface area contributed by atoms with Gasteiger partial charge in [-0.25, -0.2) is 19.9 Å². The lowest BCUT2D eigenvalue weighted by Crippen LogP contribution is -2.38. The van der Waals surface area contributed by atoms with Crippen molar-refractivity contribution in [3.63, 3.8) is 0 Å². The summed E-state index contributed by atoms with van der Waals surface area (Å²) in [6, 6.07) is 16.6. The number of hydrogen-bond donors (Lipinski definition) is 3. The van der Waals surface area contributed by atoms with Gasteiger partial charge >= 0.3 is 0 Å². The number of anilines is 2. The first kappa shape index (κ1) is 25.2. The Hall–Kier alpha value is -4.08. The van der Waals surface area contributed by atoms with Gasteiger partial charge in [0, 0.05) is 46.8 Å². The van der Waals surface area contributed by atoms with Crippen molar-refractivity contribution in [2.45, 2.75) is 38.8 Å². The van der Waals surface area contributed by atoms with Crippen molar-refractivity contribution >= 4 is 33.7 Å². The lowest BCUT2D eigenvalue weighted by atomic mass is 10.0. The third kappa shape index (κ3) is 5.55. The fourth-order valence-electron chi connectivity index (χ4n) is 4.94. The topological polar surface area (TPSA) is 96.9 Å². The van der Waals surface area contributed by atoms with Gasteiger partial charge < -0.3 is 20.7 Å². The van der Waals surface area contributed by atoms with Crippen LogP contribution in [0, 0.1) is 6.92 Å². The zero-order chi connectivity index (χ0) is 26.6. The Balaban J connectivity index is 1.32. The van der Waals surface area contributed by atoms with Crippen molar-refractivity contribution in [3.8, 4) is 22.9 Å². The van der Waals surface area contributed by atoms with Crippen molar-refractivity contribution in [1.29, 1.82) is 0 Å². The number of nitrogens with zero attached hydrogens (tertiary/aromatic N) is 4. The molecule has 8 nitrogen and oxygen atoms in total. The normalized spacial score (nSPS) is 16.1. The molecule has 4 heterocycles. The van der Waals surface area contributed by atoms with E-state index < -0.39 is 0 Å². The number of aromatic nitrogens is 4. The van der Waals surface area contributed by atoms with Crippen LogP contribution in [0.15, 0.2) is 71.8 Å². The molecular weight excluding hydrogens is 506 g/mol. The summed E-state index contributed by atoms with van der Waals surface area (Å²) in [7, 11) is 0. The summed E-state index contributed by atoms with van der Waals surface area (Å²) in [5.74, 6) is 1.90. The van der Waals surface area contributed by atoms with Crippen LogP contribution < -0.4 is 20.7 Å². The Kier molecular flexibility index (Phi) is 7.33. The number of thiazole rings is 1. The average Bonchev–Trinajstić information content (AvgIpc) is 3.51. The van der Waals surface area contributed by atoms with Gasteiger partial charge in [0.15, 0.2) is 0 Å². The Morgan fingerprint density at radius 2 is 1.97 bits per heavy atom. The lowest BCUT2D eigenvalue weighted by Gasteiger charge is -2.23. The summed E-state index contributed by atoms with van der Waals surface area (Å²) in [6.07, 6.45) is 5.77. The molecule has 39 heavy (non-hydrogen) atoms. The van der Waals surface area contributed by atoms with E-state index in [-0.39, 0.29) is 6.04 Å². The predicted molar refractivity (Wildman–Crippen MR) is 158 cm³/mol. The van der Waals surface area contributed by atoms with Crippen molar-refractivity contribution in [3.05, 3.63) is 83.1 Å². The molecule has 2 aromatic carbocycles. The highest BCUT2D eigenvalue weighted by atomic mass is 32.1. The Labute approximate surface area is 231 Å². The number of ether oxygens (including phenoxy) is 1. The number of piperidine rings is 1. The number of nitrogens with one attached hydrogen (secondary N) is 3. The maximum Gasteiger partial charge on any atom is 0.228 e. The molecule has 1 saturated heterocycles. The van der Waals surface area contributed by atoms with E-state index in [1.54, 1.807) is 23.7 Å². The number of aryl methyl sites for hydroxylation is 1. The van der Waals surface area contributed by atoms with Gasteiger partial charge in [-0.3, -0.25) is 0 Å². The van der Waals surface area contributed by atoms with Gasteiger partial charge in [-0.05, 0) is 63.1 Å². The van der Waals surface area contributed by atoms with Gasteiger partial charge in [0.1, 0.15) is 5.75 Å². The van der Waals surface area contributed by atoms with E-state index in [9.17, 15) is 0 Å². The molecule has 9 heteroatoms. The Morgan fingerprint density at radius 1 is 1.03 bits per heavy atom. The molecule has 0 amide bonds. The summed E-state index contributed by atoms with van der Waals surface area (Å²) in [4.78, 5) is 18.3. The van der Waals surface area contributed by atoms with Gasteiger partial charge in [-0.1, -0.05) is 24.3 Å². The van der Waals surface area contributed by atoms with Gasteiger partial charge in [0.05, 0.1) is 28.5 Å². The number of hydrogen-bond acceptors (Lipinski definition) is 9. The average molecular weight is 538 g/mol. The minimum absolute atomic E-state index is 0.0832. The van der Waals surface area contributed by atoms with Crippen molar-refractivity contribution in [1.82, 2.24) is 25.3 Å². The fourth-order valence-corrected chi connectivity index (χ4v) is 5.59. The molecule has 1 aliphatic rings. The van der Waals surface area contributed by atoms with Crippen LogP contribution >= 0.6 is 11.3 Å². The van der Waals surface area contributed by atoms with Crippen molar-refractivity contribution < 1.29 is 4.74 Å². The van der Waals surface area contributed by atoms with Crippen LogP contribution in [0.4, 0.5) is 11.6 Å². The SMILES string of the molecule is Cc1ccc2c(NC(C)c3cscn3)cccc2c1Oc1ncccc1-c1ccnc(N[C@H]2CCCNC2)n1. The molecule has 198 valence electrons. The van der Waals surface area contributed by atoms with E-state index in [2.05, 4.69) is 74.4 Å².